The van der Waals surface area contributed by atoms with Crippen molar-refractivity contribution < 1.29 is 4.42 Å². The molecule has 15 aromatic rings. The summed E-state index contributed by atoms with van der Waals surface area (Å²) in [6.45, 7) is 0. The first-order valence-electron chi connectivity index (χ1n) is 26.0. The average molecular weight is 970 g/mol. The molecule has 3 aromatic heterocycles. The topological polar surface area (TPSA) is 26.2 Å². The van der Waals surface area contributed by atoms with E-state index >= 15 is 0 Å². The number of rotatable bonds is 9. The average Bonchev–Trinajstić information content (AvgIpc) is 4.21. The molecular formula is C72H47N3O. The van der Waals surface area contributed by atoms with E-state index in [0.717, 1.165) is 83.8 Å². The first-order valence-corrected chi connectivity index (χ1v) is 26.0. The predicted molar refractivity (Wildman–Crippen MR) is 319 cm³/mol. The van der Waals surface area contributed by atoms with Crippen LogP contribution >= 0.6 is 0 Å². The van der Waals surface area contributed by atoms with Gasteiger partial charge in [0.15, 0.2) is 0 Å². The van der Waals surface area contributed by atoms with Crippen molar-refractivity contribution in [2.75, 3.05) is 4.90 Å². The Morgan fingerprint density at radius 1 is 0.250 bits per heavy atom. The highest BCUT2D eigenvalue weighted by atomic mass is 16.3. The Balaban J connectivity index is 0.784. The molecule has 0 fully saturated rings. The van der Waals surface area contributed by atoms with Crippen LogP contribution in [0.25, 0.3) is 121 Å². The van der Waals surface area contributed by atoms with Gasteiger partial charge in [0, 0.05) is 66.3 Å². The molecule has 4 nitrogen and oxygen atoms in total. The zero-order chi connectivity index (χ0) is 50.1. The van der Waals surface area contributed by atoms with Crippen molar-refractivity contribution in [3.63, 3.8) is 0 Å². The van der Waals surface area contributed by atoms with Crippen LogP contribution in [0.5, 0.6) is 0 Å². The van der Waals surface area contributed by atoms with E-state index in [0.29, 0.717) is 0 Å². The van der Waals surface area contributed by atoms with Gasteiger partial charge in [-0.1, -0.05) is 188 Å². The summed E-state index contributed by atoms with van der Waals surface area (Å²) in [5, 5.41) is 7.28. The van der Waals surface area contributed by atoms with Crippen LogP contribution in [-0.4, -0.2) is 9.13 Å². The number of hydrogen-bond donors (Lipinski definition) is 0. The van der Waals surface area contributed by atoms with Crippen LogP contribution in [0.3, 0.4) is 0 Å². The zero-order valence-corrected chi connectivity index (χ0v) is 41.4. The Kier molecular flexibility index (Phi) is 10.2. The highest BCUT2D eigenvalue weighted by molar-refractivity contribution is 6.11. The van der Waals surface area contributed by atoms with Gasteiger partial charge in [-0.2, -0.15) is 0 Å². The normalized spacial score (nSPS) is 11.7. The molecule has 0 atom stereocenters. The highest BCUT2D eigenvalue weighted by Gasteiger charge is 2.18. The number of fused-ring (bicyclic) bond motifs is 9. The van der Waals surface area contributed by atoms with Gasteiger partial charge in [0.05, 0.1) is 22.1 Å². The fourth-order valence-electron chi connectivity index (χ4n) is 11.7. The van der Waals surface area contributed by atoms with Crippen LogP contribution in [0.2, 0.25) is 0 Å². The summed E-state index contributed by atoms with van der Waals surface area (Å²) in [6, 6.07) is 103. The summed E-state index contributed by atoms with van der Waals surface area (Å²) in [5.74, 6) is 0. The van der Waals surface area contributed by atoms with Gasteiger partial charge in [-0.15, -0.1) is 0 Å². The molecule has 356 valence electrons. The van der Waals surface area contributed by atoms with Gasteiger partial charge >= 0.3 is 0 Å². The van der Waals surface area contributed by atoms with Crippen LogP contribution < -0.4 is 4.90 Å². The lowest BCUT2D eigenvalue weighted by atomic mass is 9.98. The lowest BCUT2D eigenvalue weighted by Gasteiger charge is -2.26. The minimum absolute atomic E-state index is 0.898. The molecule has 0 aliphatic heterocycles. The largest absolute Gasteiger partial charge is 0.455 e. The number of benzene rings is 12. The zero-order valence-electron chi connectivity index (χ0n) is 41.4. The second kappa shape index (κ2) is 17.8. The van der Waals surface area contributed by atoms with E-state index in [9.17, 15) is 0 Å². The maximum Gasteiger partial charge on any atom is 0.143 e. The molecule has 0 radical (unpaired) electrons. The lowest BCUT2D eigenvalue weighted by molar-refractivity contribution is 0.670. The molecule has 0 spiro atoms. The van der Waals surface area contributed by atoms with E-state index in [1.807, 2.05) is 12.1 Å². The molecular weight excluding hydrogens is 923 g/mol. The Morgan fingerprint density at radius 3 is 1.09 bits per heavy atom. The fraction of sp³-hybridized carbons (Fsp3) is 0. The van der Waals surface area contributed by atoms with Gasteiger partial charge in [0.2, 0.25) is 0 Å². The molecule has 0 aliphatic rings. The highest BCUT2D eigenvalue weighted by Crippen LogP contribution is 2.42. The summed E-state index contributed by atoms with van der Waals surface area (Å²) in [6.07, 6.45) is 0. The fourth-order valence-corrected chi connectivity index (χ4v) is 11.7. The maximum absolute atomic E-state index is 6.48. The quantitative estimate of drug-likeness (QED) is 0.144. The first kappa shape index (κ1) is 43.4. The molecule has 3 heterocycles. The van der Waals surface area contributed by atoms with Gasteiger partial charge < -0.3 is 18.5 Å². The third-order valence-corrected chi connectivity index (χ3v) is 15.3. The molecule has 0 saturated heterocycles. The molecule has 0 saturated carbocycles. The minimum atomic E-state index is 0.898. The SMILES string of the molecule is c1cc(-c2ccc(N(c3ccc(-c4cccc(-n5c6ccccc6c6ccccc65)c4)cc3)c3ccc(-c4cccc5c4oc4ccccc45)cc3)cc2)cc(-c2cccc(-n3c4ccccc4c4ccccc43)c2)c1. The summed E-state index contributed by atoms with van der Waals surface area (Å²) in [4.78, 5) is 2.35. The Morgan fingerprint density at radius 2 is 0.605 bits per heavy atom. The molecule has 12 aromatic carbocycles. The van der Waals surface area contributed by atoms with Gasteiger partial charge in [-0.3, -0.25) is 0 Å². The first-order chi connectivity index (χ1) is 37.7. The van der Waals surface area contributed by atoms with E-state index in [1.54, 1.807) is 0 Å². The molecule has 76 heavy (non-hydrogen) atoms. The molecule has 0 amide bonds. The van der Waals surface area contributed by atoms with Crippen LogP contribution in [0.4, 0.5) is 17.1 Å². The number of anilines is 3. The van der Waals surface area contributed by atoms with E-state index in [-0.39, 0.29) is 0 Å². The molecule has 4 heteroatoms. The van der Waals surface area contributed by atoms with Crippen LogP contribution in [0.1, 0.15) is 0 Å². The van der Waals surface area contributed by atoms with Crippen molar-refractivity contribution >= 4 is 82.6 Å². The molecule has 15 rings (SSSR count). The summed E-state index contributed by atoms with van der Waals surface area (Å²) in [7, 11) is 0. The van der Waals surface area contributed by atoms with Crippen LogP contribution in [-0.2, 0) is 0 Å². The summed E-state index contributed by atoms with van der Waals surface area (Å²) in [5.41, 5.74) is 21.2. The third kappa shape index (κ3) is 7.22. The predicted octanol–water partition coefficient (Wildman–Crippen LogP) is 19.9. The monoisotopic (exact) mass is 969 g/mol. The van der Waals surface area contributed by atoms with Crippen molar-refractivity contribution in [3.8, 4) is 55.9 Å². The molecule has 0 bridgehead atoms. The number of furan rings is 1. The van der Waals surface area contributed by atoms with E-state index in [4.69, 9.17) is 4.42 Å². The van der Waals surface area contributed by atoms with Crippen LogP contribution in [0, 0.1) is 0 Å². The third-order valence-electron chi connectivity index (χ3n) is 15.3. The minimum Gasteiger partial charge on any atom is -0.455 e. The molecule has 0 N–H and O–H groups in total. The van der Waals surface area contributed by atoms with Crippen molar-refractivity contribution in [2.45, 2.75) is 0 Å². The summed E-state index contributed by atoms with van der Waals surface area (Å²) < 4.78 is 11.3. The number of nitrogens with zero attached hydrogens (tertiary/aromatic N) is 3. The van der Waals surface area contributed by atoms with Gasteiger partial charge in [0.1, 0.15) is 11.2 Å². The number of aromatic nitrogens is 2. The van der Waals surface area contributed by atoms with Gasteiger partial charge in [-0.25, -0.2) is 0 Å². The van der Waals surface area contributed by atoms with Crippen molar-refractivity contribution in [2.24, 2.45) is 0 Å². The van der Waals surface area contributed by atoms with Gasteiger partial charge in [0.25, 0.3) is 0 Å². The molecule has 0 unspecified atom stereocenters. The second-order valence-corrected chi connectivity index (χ2v) is 19.7. The number of para-hydroxylation sites is 6. The van der Waals surface area contributed by atoms with Crippen molar-refractivity contribution in [1.82, 2.24) is 9.13 Å². The Labute approximate surface area is 439 Å². The maximum atomic E-state index is 6.48. The van der Waals surface area contributed by atoms with E-state index in [2.05, 4.69) is 287 Å². The van der Waals surface area contributed by atoms with E-state index in [1.165, 1.54) is 54.7 Å². The molecule has 0 aliphatic carbocycles. The smallest absolute Gasteiger partial charge is 0.143 e. The Hall–Kier alpha value is -10.2. The van der Waals surface area contributed by atoms with Crippen molar-refractivity contribution in [1.29, 1.82) is 0 Å². The lowest BCUT2D eigenvalue weighted by Crippen LogP contribution is -2.09. The van der Waals surface area contributed by atoms with Crippen LogP contribution in [0.15, 0.2) is 290 Å². The second-order valence-electron chi connectivity index (χ2n) is 19.7. The Bertz CT molecular complexity index is 4580. The summed E-state index contributed by atoms with van der Waals surface area (Å²) >= 11 is 0. The standard InChI is InChI=1S/C72H47N3O/c1-6-28-67-61(21-1)62-22-2-7-29-68(62)74(67)58-19-12-17-53(46-58)49-35-41-56(42-36-49)73(57-43-37-50(38-44-57)60-26-14-27-66-65-25-5-10-32-71(65)76-72(60)66)55-39-33-48(34-40-55)51-15-11-16-52(45-51)54-18-13-20-59(47-54)75-69-30-8-3-23-63(69)64-24-4-9-31-70(64)75/h1-47H. The number of hydrogen-bond acceptors (Lipinski definition) is 2. The van der Waals surface area contributed by atoms with E-state index < -0.39 is 0 Å². The van der Waals surface area contributed by atoms with Gasteiger partial charge in [-0.05, 0) is 136 Å². The van der Waals surface area contributed by atoms with Crippen molar-refractivity contribution in [3.05, 3.63) is 285 Å².